The van der Waals surface area contributed by atoms with Gasteiger partial charge in [0, 0.05) is 6.21 Å². The molecule has 1 aliphatic rings. The van der Waals surface area contributed by atoms with Crippen molar-refractivity contribution in [1.29, 1.82) is 0 Å². The summed E-state index contributed by atoms with van der Waals surface area (Å²) in [7, 11) is 0. The molecule has 0 fully saturated rings. The number of hydrogen-bond acceptors (Lipinski definition) is 1. The molecule has 0 saturated carbocycles. The van der Waals surface area contributed by atoms with Crippen molar-refractivity contribution in [2.75, 3.05) is 0 Å². The van der Waals surface area contributed by atoms with Gasteiger partial charge in [-0.2, -0.15) is 0 Å². The molecule has 0 saturated heterocycles. The highest BCUT2D eigenvalue weighted by Gasteiger charge is 2.11. The molecule has 0 aliphatic carbocycles. The summed E-state index contributed by atoms with van der Waals surface area (Å²) in [4.78, 5) is 4.46. The lowest BCUT2D eigenvalue weighted by Gasteiger charge is -2.16. The maximum absolute atomic E-state index is 4.46. The Morgan fingerprint density at radius 1 is 1.42 bits per heavy atom. The van der Waals surface area contributed by atoms with E-state index in [1.807, 2.05) is 6.21 Å². The first-order chi connectivity index (χ1) is 5.90. The molecule has 0 unspecified atom stereocenters. The van der Waals surface area contributed by atoms with Crippen LogP contribution in [-0.2, 0) is 6.42 Å². The second-order valence-electron chi connectivity index (χ2n) is 3.24. The molecule has 1 heteroatoms. The van der Waals surface area contributed by atoms with E-state index in [1.54, 1.807) is 0 Å². The summed E-state index contributed by atoms with van der Waals surface area (Å²) in [6.45, 7) is 2.19. The Bertz CT molecular complexity index is 302. The van der Waals surface area contributed by atoms with Gasteiger partial charge in [-0.1, -0.05) is 31.2 Å². The van der Waals surface area contributed by atoms with Crippen molar-refractivity contribution in [1.82, 2.24) is 0 Å². The number of rotatable bonds is 1. The Hall–Kier alpha value is -1.11. The van der Waals surface area contributed by atoms with E-state index in [0.29, 0.717) is 6.04 Å². The summed E-state index contributed by atoms with van der Waals surface area (Å²) in [5.41, 5.74) is 2.74. The molecule has 0 N–H and O–H groups in total. The number of benzene rings is 1. The molecule has 0 aromatic heterocycles. The molecule has 1 heterocycles. The summed E-state index contributed by atoms with van der Waals surface area (Å²) in [6, 6.07) is 9.01. The molecule has 1 atom stereocenters. The molecule has 1 nitrogen and oxygen atoms in total. The third-order valence-electron chi connectivity index (χ3n) is 2.41. The zero-order valence-corrected chi connectivity index (χ0v) is 7.33. The van der Waals surface area contributed by atoms with Crippen LogP contribution >= 0.6 is 0 Å². The molecule has 0 amide bonds. The van der Waals surface area contributed by atoms with Gasteiger partial charge in [0.1, 0.15) is 0 Å². The van der Waals surface area contributed by atoms with Gasteiger partial charge in [0.15, 0.2) is 0 Å². The molecular formula is C11H13N. The van der Waals surface area contributed by atoms with Crippen LogP contribution in [0.4, 0.5) is 0 Å². The predicted molar refractivity (Wildman–Crippen MR) is 51.8 cm³/mol. The van der Waals surface area contributed by atoms with Crippen molar-refractivity contribution in [3.05, 3.63) is 35.4 Å². The first-order valence-electron chi connectivity index (χ1n) is 4.51. The van der Waals surface area contributed by atoms with Crippen molar-refractivity contribution in [2.45, 2.75) is 25.8 Å². The van der Waals surface area contributed by atoms with Crippen LogP contribution in [0, 0.1) is 0 Å². The van der Waals surface area contributed by atoms with Gasteiger partial charge >= 0.3 is 0 Å². The summed E-state index contributed by atoms with van der Waals surface area (Å²) >= 11 is 0. The second-order valence-corrected chi connectivity index (χ2v) is 3.24. The van der Waals surface area contributed by atoms with Crippen LogP contribution in [0.5, 0.6) is 0 Å². The van der Waals surface area contributed by atoms with Crippen LogP contribution < -0.4 is 0 Å². The van der Waals surface area contributed by atoms with Gasteiger partial charge in [-0.15, -0.1) is 0 Å². The lowest BCUT2D eigenvalue weighted by molar-refractivity contribution is 0.644. The maximum Gasteiger partial charge on any atom is 0.0537 e. The molecule has 12 heavy (non-hydrogen) atoms. The van der Waals surface area contributed by atoms with E-state index in [9.17, 15) is 0 Å². The molecule has 0 bridgehead atoms. The first kappa shape index (κ1) is 7.53. The number of fused-ring (bicyclic) bond motifs is 1. The Kier molecular flexibility index (Phi) is 1.94. The first-order valence-corrected chi connectivity index (χ1v) is 4.51. The van der Waals surface area contributed by atoms with Gasteiger partial charge in [-0.25, -0.2) is 0 Å². The predicted octanol–water partition coefficient (Wildman–Crippen LogP) is 2.44. The Balaban J connectivity index is 2.33. The van der Waals surface area contributed by atoms with Crippen molar-refractivity contribution in [2.24, 2.45) is 4.99 Å². The van der Waals surface area contributed by atoms with Gasteiger partial charge in [0.25, 0.3) is 0 Å². The van der Waals surface area contributed by atoms with E-state index >= 15 is 0 Å². The lowest BCUT2D eigenvalue weighted by Crippen LogP contribution is -2.13. The summed E-state index contributed by atoms with van der Waals surface area (Å²) in [6.07, 6.45) is 4.26. The van der Waals surface area contributed by atoms with E-state index < -0.39 is 0 Å². The molecule has 2 rings (SSSR count). The quantitative estimate of drug-likeness (QED) is 0.596. The third-order valence-corrected chi connectivity index (χ3v) is 2.41. The number of hydrogen-bond donors (Lipinski definition) is 0. The van der Waals surface area contributed by atoms with E-state index in [4.69, 9.17) is 0 Å². The zero-order chi connectivity index (χ0) is 8.39. The Morgan fingerprint density at radius 3 is 3.08 bits per heavy atom. The van der Waals surface area contributed by atoms with Crippen LogP contribution in [0.15, 0.2) is 29.3 Å². The van der Waals surface area contributed by atoms with Crippen LogP contribution in [0.1, 0.15) is 24.5 Å². The molecule has 1 aromatic carbocycles. The van der Waals surface area contributed by atoms with Crippen molar-refractivity contribution < 1.29 is 0 Å². The summed E-state index contributed by atoms with van der Waals surface area (Å²) in [5, 5.41) is 0. The summed E-state index contributed by atoms with van der Waals surface area (Å²) < 4.78 is 0. The van der Waals surface area contributed by atoms with Gasteiger partial charge in [-0.05, 0) is 24.0 Å². The average Bonchev–Trinajstić information content (AvgIpc) is 2.17. The molecule has 0 spiro atoms. The monoisotopic (exact) mass is 159 g/mol. The van der Waals surface area contributed by atoms with Crippen molar-refractivity contribution >= 4 is 6.21 Å². The standard InChI is InChI=1S/C11H13N/c1-2-11-7-9-5-3-4-6-10(9)8-12-11/h3-6,8,11H,2,7H2,1H3/t11-/m0/s1. The van der Waals surface area contributed by atoms with Crippen LogP contribution in [0.3, 0.4) is 0 Å². The minimum absolute atomic E-state index is 0.514. The average molecular weight is 159 g/mol. The smallest absolute Gasteiger partial charge is 0.0537 e. The van der Waals surface area contributed by atoms with Crippen LogP contribution in [-0.4, -0.2) is 12.3 Å². The zero-order valence-electron chi connectivity index (χ0n) is 7.33. The minimum atomic E-state index is 0.514. The van der Waals surface area contributed by atoms with Crippen LogP contribution in [0.2, 0.25) is 0 Å². The van der Waals surface area contributed by atoms with E-state index in [0.717, 1.165) is 12.8 Å². The molecule has 1 aromatic rings. The molecule has 0 radical (unpaired) electrons. The Labute approximate surface area is 73.1 Å². The fourth-order valence-electron chi connectivity index (χ4n) is 1.59. The number of nitrogens with zero attached hydrogens (tertiary/aromatic N) is 1. The SMILES string of the molecule is CC[C@H]1Cc2ccccc2C=N1. The van der Waals surface area contributed by atoms with Gasteiger partial charge in [0.2, 0.25) is 0 Å². The summed E-state index contributed by atoms with van der Waals surface area (Å²) in [5.74, 6) is 0. The van der Waals surface area contributed by atoms with Crippen molar-refractivity contribution in [3.8, 4) is 0 Å². The highest BCUT2D eigenvalue weighted by molar-refractivity contribution is 5.83. The Morgan fingerprint density at radius 2 is 2.25 bits per heavy atom. The third kappa shape index (κ3) is 1.27. The highest BCUT2D eigenvalue weighted by atomic mass is 14.8. The highest BCUT2D eigenvalue weighted by Crippen LogP contribution is 2.17. The number of aliphatic imine (C=N–C) groups is 1. The fourth-order valence-corrected chi connectivity index (χ4v) is 1.59. The van der Waals surface area contributed by atoms with E-state index in [2.05, 4.69) is 36.2 Å². The molecular weight excluding hydrogens is 146 g/mol. The van der Waals surface area contributed by atoms with E-state index in [1.165, 1.54) is 11.1 Å². The second kappa shape index (κ2) is 3.10. The normalized spacial score (nSPS) is 20.6. The van der Waals surface area contributed by atoms with Gasteiger partial charge < -0.3 is 0 Å². The van der Waals surface area contributed by atoms with E-state index in [-0.39, 0.29) is 0 Å². The maximum atomic E-state index is 4.46. The minimum Gasteiger partial charge on any atom is -0.289 e. The molecule has 1 aliphatic heterocycles. The largest absolute Gasteiger partial charge is 0.289 e. The van der Waals surface area contributed by atoms with Crippen molar-refractivity contribution in [3.63, 3.8) is 0 Å². The van der Waals surface area contributed by atoms with Gasteiger partial charge in [-0.3, -0.25) is 4.99 Å². The lowest BCUT2D eigenvalue weighted by atomic mass is 9.97. The van der Waals surface area contributed by atoms with Crippen LogP contribution in [0.25, 0.3) is 0 Å². The molecule has 62 valence electrons. The topological polar surface area (TPSA) is 12.4 Å². The van der Waals surface area contributed by atoms with Gasteiger partial charge in [0.05, 0.1) is 6.04 Å². The fraction of sp³-hybridized carbons (Fsp3) is 0.364.